The van der Waals surface area contributed by atoms with Crippen molar-refractivity contribution in [3.8, 4) is 0 Å². The van der Waals surface area contributed by atoms with Crippen molar-refractivity contribution in [3.05, 3.63) is 35.4 Å². The molecule has 1 aliphatic heterocycles. The van der Waals surface area contributed by atoms with E-state index in [9.17, 15) is 4.79 Å². The zero-order chi connectivity index (χ0) is 14.6. The Morgan fingerprint density at radius 3 is 2.90 bits per heavy atom. The highest BCUT2D eigenvalue weighted by molar-refractivity contribution is 5.85. The maximum Gasteiger partial charge on any atom is 0.226 e. The third kappa shape index (κ3) is 2.02. The van der Waals surface area contributed by atoms with Gasteiger partial charge in [-0.1, -0.05) is 37.6 Å². The average Bonchev–Trinajstić information content (AvgIpc) is 3.19. The summed E-state index contributed by atoms with van der Waals surface area (Å²) in [5.41, 5.74) is 9.07. The molecule has 3 heteroatoms. The van der Waals surface area contributed by atoms with Gasteiger partial charge in [0.2, 0.25) is 5.91 Å². The molecule has 1 saturated heterocycles. The Bertz CT molecular complexity index is 576. The summed E-state index contributed by atoms with van der Waals surface area (Å²) < 4.78 is 0. The van der Waals surface area contributed by atoms with Gasteiger partial charge in [0.1, 0.15) is 0 Å². The Balaban J connectivity index is 1.45. The van der Waals surface area contributed by atoms with Gasteiger partial charge in [0.05, 0.1) is 5.54 Å². The number of benzene rings is 1. The number of nitrogens with zero attached hydrogens (tertiary/aromatic N) is 1. The highest BCUT2D eigenvalue weighted by Gasteiger charge is 2.59. The summed E-state index contributed by atoms with van der Waals surface area (Å²) in [7, 11) is 0. The Kier molecular flexibility index (Phi) is 2.90. The first-order valence-corrected chi connectivity index (χ1v) is 8.28. The zero-order valence-corrected chi connectivity index (χ0v) is 12.7. The normalized spacial score (nSPS) is 31.9. The molecule has 0 bridgehead atoms. The molecule has 21 heavy (non-hydrogen) atoms. The van der Waals surface area contributed by atoms with E-state index in [-0.39, 0.29) is 11.5 Å². The Morgan fingerprint density at radius 2 is 2.14 bits per heavy atom. The van der Waals surface area contributed by atoms with Crippen LogP contribution >= 0.6 is 0 Å². The number of likely N-dealkylation sites (tertiary alicyclic amines) is 1. The third-order valence-electron chi connectivity index (χ3n) is 5.69. The lowest BCUT2D eigenvalue weighted by Crippen LogP contribution is -2.68. The van der Waals surface area contributed by atoms with Crippen LogP contribution < -0.4 is 5.73 Å². The molecule has 3 atom stereocenters. The van der Waals surface area contributed by atoms with E-state index in [0.717, 1.165) is 32.4 Å². The number of amides is 1. The Labute approximate surface area is 126 Å². The number of nitrogens with two attached hydrogens (primary N) is 1. The summed E-state index contributed by atoms with van der Waals surface area (Å²) in [6, 6.07) is 8.67. The fraction of sp³-hybridized carbons (Fsp3) is 0.611. The standard InChI is InChI=1S/C18H24N2O/c1-2-9-18(19)10-20(11-18)17(21)16-14-8-7-12-5-3-4-6-13(12)15(14)16/h3-6,14-16H,2,7-11,19H2,1H3. The van der Waals surface area contributed by atoms with Crippen LogP contribution in [0.1, 0.15) is 43.2 Å². The molecule has 3 unspecified atom stereocenters. The maximum absolute atomic E-state index is 12.7. The molecule has 1 saturated carbocycles. The van der Waals surface area contributed by atoms with Crippen LogP contribution in [0.4, 0.5) is 0 Å². The lowest BCUT2D eigenvalue weighted by Gasteiger charge is -2.48. The lowest BCUT2D eigenvalue weighted by molar-refractivity contribution is -0.140. The molecule has 3 nitrogen and oxygen atoms in total. The number of hydrogen-bond donors (Lipinski definition) is 1. The molecule has 2 aliphatic carbocycles. The smallest absolute Gasteiger partial charge is 0.226 e. The van der Waals surface area contributed by atoms with Crippen molar-refractivity contribution >= 4 is 5.91 Å². The second-order valence-corrected chi connectivity index (χ2v) is 7.26. The van der Waals surface area contributed by atoms with Gasteiger partial charge < -0.3 is 10.6 Å². The van der Waals surface area contributed by atoms with Crippen LogP contribution in [-0.4, -0.2) is 29.4 Å². The minimum atomic E-state index is -0.109. The fourth-order valence-electron chi connectivity index (χ4n) is 4.64. The maximum atomic E-state index is 12.7. The van der Waals surface area contributed by atoms with Gasteiger partial charge in [-0.25, -0.2) is 0 Å². The molecule has 3 aliphatic rings. The molecule has 0 spiro atoms. The average molecular weight is 284 g/mol. The number of carbonyl (C=O) groups excluding carboxylic acids is 1. The predicted octanol–water partition coefficient (Wildman–Crippen LogP) is 2.30. The van der Waals surface area contributed by atoms with Crippen LogP contribution in [0, 0.1) is 11.8 Å². The van der Waals surface area contributed by atoms with Crippen molar-refractivity contribution in [1.29, 1.82) is 0 Å². The molecule has 0 radical (unpaired) electrons. The number of rotatable bonds is 3. The largest absolute Gasteiger partial charge is 0.339 e. The predicted molar refractivity (Wildman–Crippen MR) is 82.9 cm³/mol. The van der Waals surface area contributed by atoms with Crippen molar-refractivity contribution < 1.29 is 4.79 Å². The van der Waals surface area contributed by atoms with Crippen molar-refractivity contribution in [2.45, 2.75) is 44.1 Å². The van der Waals surface area contributed by atoms with Crippen molar-refractivity contribution in [3.63, 3.8) is 0 Å². The van der Waals surface area contributed by atoms with Crippen LogP contribution in [0.15, 0.2) is 24.3 Å². The first kappa shape index (κ1) is 13.3. The summed E-state index contributed by atoms with van der Waals surface area (Å²) in [4.78, 5) is 14.7. The van der Waals surface area contributed by atoms with Crippen molar-refractivity contribution in [2.75, 3.05) is 13.1 Å². The first-order valence-electron chi connectivity index (χ1n) is 8.28. The highest BCUT2D eigenvalue weighted by Crippen LogP contribution is 2.60. The van der Waals surface area contributed by atoms with Crippen LogP contribution in [0.25, 0.3) is 0 Å². The molecular weight excluding hydrogens is 260 g/mol. The van der Waals surface area contributed by atoms with Gasteiger partial charge in [-0.2, -0.15) is 0 Å². The van der Waals surface area contributed by atoms with Gasteiger partial charge in [0.15, 0.2) is 0 Å². The Morgan fingerprint density at radius 1 is 1.38 bits per heavy atom. The summed E-state index contributed by atoms with van der Waals surface area (Å²) in [6.45, 7) is 3.68. The number of fused-ring (bicyclic) bond motifs is 3. The van der Waals surface area contributed by atoms with E-state index in [2.05, 4.69) is 31.2 Å². The number of hydrogen-bond acceptors (Lipinski definition) is 2. The van der Waals surface area contributed by atoms with Gasteiger partial charge in [-0.15, -0.1) is 0 Å². The SMILES string of the molecule is CCCC1(N)CN(C(=O)C2C3CCc4ccccc4C32)C1. The molecule has 4 rings (SSSR count). The second-order valence-electron chi connectivity index (χ2n) is 7.26. The van der Waals surface area contributed by atoms with Gasteiger partial charge >= 0.3 is 0 Å². The molecule has 0 aromatic heterocycles. The summed E-state index contributed by atoms with van der Waals surface area (Å²) in [6.07, 6.45) is 4.43. The minimum Gasteiger partial charge on any atom is -0.339 e. The quantitative estimate of drug-likeness (QED) is 0.926. The molecule has 1 heterocycles. The molecule has 2 fully saturated rings. The molecule has 1 aromatic rings. The van der Waals surface area contributed by atoms with E-state index in [0.29, 0.717) is 17.7 Å². The minimum absolute atomic E-state index is 0.109. The van der Waals surface area contributed by atoms with E-state index in [1.54, 1.807) is 0 Å². The molecular formula is C18H24N2O. The summed E-state index contributed by atoms with van der Waals surface area (Å²) in [5.74, 6) is 1.67. The van der Waals surface area contributed by atoms with Gasteiger partial charge in [0, 0.05) is 19.0 Å². The van der Waals surface area contributed by atoms with Gasteiger partial charge in [-0.05, 0) is 42.2 Å². The van der Waals surface area contributed by atoms with E-state index >= 15 is 0 Å². The monoisotopic (exact) mass is 284 g/mol. The molecule has 1 amide bonds. The van der Waals surface area contributed by atoms with E-state index in [4.69, 9.17) is 5.73 Å². The van der Waals surface area contributed by atoms with Crippen molar-refractivity contribution in [2.24, 2.45) is 17.6 Å². The number of carbonyl (C=O) groups is 1. The van der Waals surface area contributed by atoms with Gasteiger partial charge in [0.25, 0.3) is 0 Å². The fourth-order valence-corrected chi connectivity index (χ4v) is 4.64. The van der Waals surface area contributed by atoms with E-state index in [1.807, 2.05) is 4.90 Å². The van der Waals surface area contributed by atoms with Crippen LogP contribution in [0.2, 0.25) is 0 Å². The summed E-state index contributed by atoms with van der Waals surface area (Å²) >= 11 is 0. The van der Waals surface area contributed by atoms with E-state index in [1.165, 1.54) is 17.5 Å². The number of aryl methyl sites for hydroxylation is 1. The second kappa shape index (κ2) is 4.57. The Hall–Kier alpha value is -1.35. The van der Waals surface area contributed by atoms with E-state index < -0.39 is 0 Å². The molecule has 112 valence electrons. The lowest BCUT2D eigenvalue weighted by atomic mass is 9.86. The van der Waals surface area contributed by atoms with Crippen LogP contribution in [0.3, 0.4) is 0 Å². The third-order valence-corrected chi connectivity index (χ3v) is 5.69. The van der Waals surface area contributed by atoms with Crippen LogP contribution in [-0.2, 0) is 11.2 Å². The van der Waals surface area contributed by atoms with Crippen LogP contribution in [0.5, 0.6) is 0 Å². The summed E-state index contributed by atoms with van der Waals surface area (Å²) in [5, 5.41) is 0. The topological polar surface area (TPSA) is 46.3 Å². The van der Waals surface area contributed by atoms with Gasteiger partial charge in [-0.3, -0.25) is 4.79 Å². The molecule has 1 aromatic carbocycles. The molecule has 2 N–H and O–H groups in total. The highest BCUT2D eigenvalue weighted by atomic mass is 16.2. The first-order chi connectivity index (χ1) is 10.1. The van der Waals surface area contributed by atoms with Crippen molar-refractivity contribution in [1.82, 2.24) is 4.90 Å². The zero-order valence-electron chi connectivity index (χ0n) is 12.7.